The van der Waals surface area contributed by atoms with Gasteiger partial charge in [-0.15, -0.1) is 0 Å². The maximum Gasteiger partial charge on any atom is 0.341 e. The van der Waals surface area contributed by atoms with Gasteiger partial charge in [0.05, 0.1) is 5.56 Å². The fourth-order valence-corrected chi connectivity index (χ4v) is 6.34. The summed E-state index contributed by atoms with van der Waals surface area (Å²) in [6, 6.07) is 7.15. The Hall–Kier alpha value is -1.16. The number of fused-ring (bicyclic) bond motifs is 1. The molecule has 5 nitrogen and oxygen atoms in total. The number of carbonyl (C=O) groups is 1. The van der Waals surface area contributed by atoms with Gasteiger partial charge in [-0.25, -0.2) is 4.79 Å². The molecule has 0 radical (unpaired) electrons. The van der Waals surface area contributed by atoms with Crippen molar-refractivity contribution >= 4 is 13.3 Å². The van der Waals surface area contributed by atoms with Crippen molar-refractivity contribution in [2.75, 3.05) is 18.9 Å². The number of hydrogen-bond donors (Lipinski definition) is 1. The van der Waals surface area contributed by atoms with Crippen LogP contribution in [0.4, 0.5) is 0 Å². The van der Waals surface area contributed by atoms with Crippen LogP contribution in [0.1, 0.15) is 60.7 Å². The molecule has 0 bridgehead atoms. The standard InChI is InChI=1S/C18H26NO4P/c19-11-6-12-24(21,13-14-7-2-1-3-8-14)23-18-16-10-5-4-9-15(16)17(20)22-18/h4-5,9-10,14,18H,1-3,6-8,11-13,19H2. The van der Waals surface area contributed by atoms with Gasteiger partial charge in [0.2, 0.25) is 13.7 Å². The Balaban J connectivity index is 1.74. The third-order valence-electron chi connectivity index (χ3n) is 4.90. The lowest BCUT2D eigenvalue weighted by Crippen LogP contribution is -2.16. The first kappa shape index (κ1) is 17.7. The SMILES string of the molecule is NCCCP(=O)(CC1CCCCC1)OC1OC(=O)c2ccccc21. The molecule has 1 saturated carbocycles. The third-order valence-corrected chi connectivity index (χ3v) is 7.55. The maximum absolute atomic E-state index is 13.4. The highest BCUT2D eigenvalue weighted by Crippen LogP contribution is 2.55. The topological polar surface area (TPSA) is 78.6 Å². The fraction of sp³-hybridized carbons (Fsp3) is 0.611. The minimum Gasteiger partial charge on any atom is -0.427 e. The summed E-state index contributed by atoms with van der Waals surface area (Å²) in [5.41, 5.74) is 6.80. The van der Waals surface area contributed by atoms with E-state index in [1.165, 1.54) is 19.3 Å². The van der Waals surface area contributed by atoms with Crippen LogP contribution in [0.15, 0.2) is 24.3 Å². The van der Waals surface area contributed by atoms with Crippen molar-refractivity contribution in [3.63, 3.8) is 0 Å². The van der Waals surface area contributed by atoms with Gasteiger partial charge in [-0.05, 0) is 37.8 Å². The zero-order chi connectivity index (χ0) is 17.0. The first-order valence-corrected chi connectivity index (χ1v) is 10.9. The van der Waals surface area contributed by atoms with Crippen molar-refractivity contribution in [3.05, 3.63) is 35.4 Å². The van der Waals surface area contributed by atoms with Crippen LogP contribution < -0.4 is 5.73 Å². The molecule has 0 aromatic heterocycles. The first-order chi connectivity index (χ1) is 11.6. The largest absolute Gasteiger partial charge is 0.427 e. The Labute approximate surface area is 143 Å². The van der Waals surface area contributed by atoms with Gasteiger partial charge < -0.3 is 10.5 Å². The molecule has 1 aromatic rings. The van der Waals surface area contributed by atoms with E-state index in [0.717, 1.165) is 12.8 Å². The Morgan fingerprint density at radius 1 is 1.21 bits per heavy atom. The summed E-state index contributed by atoms with van der Waals surface area (Å²) in [5, 5.41) is 0. The number of cyclic esters (lactones) is 1. The molecule has 0 amide bonds. The second-order valence-electron chi connectivity index (χ2n) is 6.80. The number of benzene rings is 1. The van der Waals surface area contributed by atoms with Crippen LogP contribution in [0.5, 0.6) is 0 Å². The smallest absolute Gasteiger partial charge is 0.341 e. The minimum absolute atomic E-state index is 0.404. The lowest BCUT2D eigenvalue weighted by atomic mass is 9.91. The first-order valence-electron chi connectivity index (χ1n) is 8.88. The van der Waals surface area contributed by atoms with Crippen molar-refractivity contribution in [2.45, 2.75) is 44.8 Å². The fourth-order valence-electron chi connectivity index (χ4n) is 3.65. The van der Waals surface area contributed by atoms with Crippen molar-refractivity contribution in [1.82, 2.24) is 0 Å². The van der Waals surface area contributed by atoms with E-state index in [2.05, 4.69) is 0 Å². The monoisotopic (exact) mass is 351 g/mol. The second-order valence-corrected chi connectivity index (χ2v) is 9.45. The zero-order valence-corrected chi connectivity index (χ0v) is 14.9. The van der Waals surface area contributed by atoms with Crippen LogP contribution in [-0.2, 0) is 13.8 Å². The molecule has 1 aromatic carbocycles. The zero-order valence-electron chi connectivity index (χ0n) is 14.0. The number of carbonyl (C=O) groups excluding carboxylic acids is 1. The number of nitrogens with two attached hydrogens (primary N) is 1. The predicted molar refractivity (Wildman–Crippen MR) is 93.3 cm³/mol. The van der Waals surface area contributed by atoms with Gasteiger partial charge in [-0.3, -0.25) is 9.09 Å². The molecule has 2 aliphatic rings. The maximum atomic E-state index is 13.4. The summed E-state index contributed by atoms with van der Waals surface area (Å²) in [7, 11) is -2.89. The third kappa shape index (κ3) is 4.08. The average molecular weight is 351 g/mol. The molecular formula is C18H26NO4P. The number of hydrogen-bond acceptors (Lipinski definition) is 5. The molecule has 2 atom stereocenters. The van der Waals surface area contributed by atoms with Gasteiger partial charge >= 0.3 is 5.97 Å². The van der Waals surface area contributed by atoms with Gasteiger partial charge in [-0.2, -0.15) is 0 Å². The van der Waals surface area contributed by atoms with Crippen molar-refractivity contribution in [1.29, 1.82) is 0 Å². The Morgan fingerprint density at radius 3 is 2.71 bits per heavy atom. The Morgan fingerprint density at radius 2 is 1.96 bits per heavy atom. The van der Waals surface area contributed by atoms with Crippen molar-refractivity contribution < 1.29 is 18.6 Å². The summed E-state index contributed by atoms with van der Waals surface area (Å²) in [6.45, 7) is 0.485. The van der Waals surface area contributed by atoms with Crippen LogP contribution in [-0.4, -0.2) is 24.8 Å². The van der Waals surface area contributed by atoms with E-state index in [1.807, 2.05) is 6.07 Å². The molecule has 1 aliphatic heterocycles. The van der Waals surface area contributed by atoms with E-state index in [-0.39, 0.29) is 0 Å². The summed E-state index contributed by atoms with van der Waals surface area (Å²) in [5.74, 6) is 0.0355. The average Bonchev–Trinajstić information content (AvgIpc) is 2.90. The molecular weight excluding hydrogens is 325 g/mol. The van der Waals surface area contributed by atoms with E-state index in [1.54, 1.807) is 18.2 Å². The molecule has 132 valence electrons. The van der Waals surface area contributed by atoms with Gasteiger partial charge in [-0.1, -0.05) is 37.5 Å². The van der Waals surface area contributed by atoms with E-state index >= 15 is 0 Å². The highest BCUT2D eigenvalue weighted by Gasteiger charge is 2.38. The second kappa shape index (κ2) is 7.81. The van der Waals surface area contributed by atoms with Gasteiger partial charge in [0, 0.05) is 17.9 Å². The van der Waals surface area contributed by atoms with E-state index < -0.39 is 19.6 Å². The minimum atomic E-state index is -2.89. The van der Waals surface area contributed by atoms with Crippen molar-refractivity contribution in [2.24, 2.45) is 11.7 Å². The van der Waals surface area contributed by atoms with E-state index in [0.29, 0.717) is 42.3 Å². The molecule has 6 heteroatoms. The number of esters is 1. The summed E-state index contributed by atoms with van der Waals surface area (Å²) in [4.78, 5) is 12.0. The van der Waals surface area contributed by atoms with Crippen LogP contribution in [0.2, 0.25) is 0 Å². The molecule has 24 heavy (non-hydrogen) atoms. The Kier molecular flexibility index (Phi) is 5.75. The summed E-state index contributed by atoms with van der Waals surface area (Å²) >= 11 is 0. The number of ether oxygens (including phenoxy) is 1. The molecule has 0 saturated heterocycles. The summed E-state index contributed by atoms with van der Waals surface area (Å²) < 4.78 is 24.7. The Bertz CT molecular complexity index is 627. The molecule has 1 aliphatic carbocycles. The van der Waals surface area contributed by atoms with Crippen LogP contribution >= 0.6 is 7.37 Å². The van der Waals surface area contributed by atoms with Crippen molar-refractivity contribution in [3.8, 4) is 0 Å². The molecule has 2 unspecified atom stereocenters. The molecule has 2 N–H and O–H groups in total. The lowest BCUT2D eigenvalue weighted by Gasteiger charge is -2.28. The molecule has 1 heterocycles. The molecule has 1 fully saturated rings. The lowest BCUT2D eigenvalue weighted by molar-refractivity contribution is -0.0369. The van der Waals surface area contributed by atoms with E-state index in [4.69, 9.17) is 15.0 Å². The molecule has 0 spiro atoms. The van der Waals surface area contributed by atoms with E-state index in [9.17, 15) is 9.36 Å². The van der Waals surface area contributed by atoms with Gasteiger partial charge in [0.25, 0.3) is 0 Å². The summed E-state index contributed by atoms with van der Waals surface area (Å²) in [6.07, 6.45) is 6.71. The van der Waals surface area contributed by atoms with Gasteiger partial charge in [0.15, 0.2) is 0 Å². The highest BCUT2D eigenvalue weighted by molar-refractivity contribution is 7.59. The van der Waals surface area contributed by atoms with Crippen LogP contribution in [0.3, 0.4) is 0 Å². The predicted octanol–water partition coefficient (Wildman–Crippen LogP) is 4.08. The molecule has 3 rings (SSSR count). The number of rotatable bonds is 7. The quantitative estimate of drug-likeness (QED) is 0.591. The normalized spacial score (nSPS) is 23.5. The van der Waals surface area contributed by atoms with Gasteiger partial charge in [0.1, 0.15) is 0 Å². The highest BCUT2D eigenvalue weighted by atomic mass is 31.2. The van der Waals surface area contributed by atoms with Crippen LogP contribution in [0, 0.1) is 5.92 Å². The van der Waals surface area contributed by atoms with Crippen LogP contribution in [0.25, 0.3) is 0 Å².